The van der Waals surface area contributed by atoms with Gasteiger partial charge in [-0.15, -0.1) is 0 Å². The van der Waals surface area contributed by atoms with Crippen molar-refractivity contribution in [3.05, 3.63) is 76.8 Å². The van der Waals surface area contributed by atoms with E-state index in [4.69, 9.17) is 26.3 Å². The van der Waals surface area contributed by atoms with E-state index in [-0.39, 0.29) is 13.2 Å². The minimum absolute atomic E-state index is 0.134. The molecule has 0 unspecified atom stereocenters. The van der Waals surface area contributed by atoms with Gasteiger partial charge in [-0.3, -0.25) is 0 Å². The van der Waals surface area contributed by atoms with E-state index in [2.05, 4.69) is 0 Å². The summed E-state index contributed by atoms with van der Waals surface area (Å²) in [5.74, 6) is 0.110. The molecule has 0 aliphatic rings. The molecule has 3 rings (SSSR count). The third kappa shape index (κ3) is 4.09. The molecule has 0 aliphatic carbocycles. The average Bonchev–Trinajstić information content (AvgIpc) is 2.66. The standard InChI is InChI=1S/C20H14ClNO3/c21-18-9-10-19(17-4-2-1-3-16(17)18)24-13-20(23)25-12-15-7-5-14(11-22)6-8-15/h1-10H,12-13H2. The molecular weight excluding hydrogens is 338 g/mol. The molecule has 0 fully saturated rings. The lowest BCUT2D eigenvalue weighted by atomic mass is 10.1. The SMILES string of the molecule is N#Cc1ccc(COC(=O)COc2ccc(Cl)c3ccccc23)cc1. The van der Waals surface area contributed by atoms with E-state index >= 15 is 0 Å². The first-order valence-corrected chi connectivity index (χ1v) is 8.00. The summed E-state index contributed by atoms with van der Waals surface area (Å²) < 4.78 is 10.8. The number of halogens is 1. The topological polar surface area (TPSA) is 59.3 Å². The Morgan fingerprint density at radius 1 is 1.00 bits per heavy atom. The Bertz CT molecular complexity index is 945. The number of nitriles is 1. The van der Waals surface area contributed by atoms with Crippen LogP contribution in [0.25, 0.3) is 10.8 Å². The molecule has 4 nitrogen and oxygen atoms in total. The molecule has 0 heterocycles. The van der Waals surface area contributed by atoms with Gasteiger partial charge in [0.1, 0.15) is 12.4 Å². The first kappa shape index (κ1) is 16.8. The molecule has 3 aromatic carbocycles. The van der Waals surface area contributed by atoms with Crippen LogP contribution in [0.4, 0.5) is 0 Å². The highest BCUT2D eigenvalue weighted by Crippen LogP contribution is 2.31. The Balaban J connectivity index is 1.59. The van der Waals surface area contributed by atoms with Crippen molar-refractivity contribution in [2.45, 2.75) is 6.61 Å². The minimum Gasteiger partial charge on any atom is -0.481 e. The maximum atomic E-state index is 11.9. The van der Waals surface area contributed by atoms with E-state index < -0.39 is 5.97 Å². The predicted molar refractivity (Wildman–Crippen MR) is 95.4 cm³/mol. The van der Waals surface area contributed by atoms with Crippen LogP contribution in [-0.4, -0.2) is 12.6 Å². The zero-order chi connectivity index (χ0) is 17.6. The van der Waals surface area contributed by atoms with Gasteiger partial charge in [0.15, 0.2) is 6.61 Å². The number of hydrogen-bond donors (Lipinski definition) is 0. The Morgan fingerprint density at radius 3 is 2.44 bits per heavy atom. The summed E-state index contributed by atoms with van der Waals surface area (Å²) in [7, 11) is 0. The summed E-state index contributed by atoms with van der Waals surface area (Å²) in [6.45, 7) is -0.0584. The Kier molecular flexibility index (Phi) is 5.17. The van der Waals surface area contributed by atoms with Crippen molar-refractivity contribution in [2.24, 2.45) is 0 Å². The fourth-order valence-electron chi connectivity index (χ4n) is 2.38. The fraction of sp³-hybridized carbons (Fsp3) is 0.100. The van der Waals surface area contributed by atoms with Crippen LogP contribution >= 0.6 is 11.6 Å². The largest absolute Gasteiger partial charge is 0.481 e. The van der Waals surface area contributed by atoms with E-state index in [1.165, 1.54) is 0 Å². The molecule has 0 atom stereocenters. The second kappa shape index (κ2) is 7.69. The summed E-state index contributed by atoms with van der Waals surface area (Å²) in [5, 5.41) is 11.1. The van der Waals surface area contributed by atoms with Crippen molar-refractivity contribution in [3.8, 4) is 11.8 Å². The summed E-state index contributed by atoms with van der Waals surface area (Å²) in [4.78, 5) is 11.9. The highest BCUT2D eigenvalue weighted by molar-refractivity contribution is 6.35. The second-order valence-corrected chi connectivity index (χ2v) is 5.76. The van der Waals surface area contributed by atoms with Crippen LogP contribution in [0.15, 0.2) is 60.7 Å². The second-order valence-electron chi connectivity index (χ2n) is 5.35. The monoisotopic (exact) mass is 351 g/mol. The van der Waals surface area contributed by atoms with Crippen LogP contribution in [-0.2, 0) is 16.1 Å². The number of nitrogens with zero attached hydrogens (tertiary/aromatic N) is 1. The molecule has 5 heteroatoms. The van der Waals surface area contributed by atoms with Crippen LogP contribution in [0.3, 0.4) is 0 Å². The van der Waals surface area contributed by atoms with Gasteiger partial charge in [-0.1, -0.05) is 48.0 Å². The number of rotatable bonds is 5. The number of benzene rings is 3. The Morgan fingerprint density at radius 2 is 1.72 bits per heavy atom. The van der Waals surface area contributed by atoms with Gasteiger partial charge in [-0.05, 0) is 29.8 Å². The number of ether oxygens (including phenoxy) is 2. The van der Waals surface area contributed by atoms with Gasteiger partial charge in [0, 0.05) is 15.8 Å². The molecule has 0 aliphatic heterocycles. The summed E-state index contributed by atoms with van der Waals surface area (Å²) in [5.41, 5.74) is 1.37. The van der Waals surface area contributed by atoms with Gasteiger partial charge in [0.25, 0.3) is 0 Å². The van der Waals surface area contributed by atoms with Crippen molar-refractivity contribution in [1.82, 2.24) is 0 Å². The van der Waals surface area contributed by atoms with E-state index in [0.29, 0.717) is 16.3 Å². The quantitative estimate of drug-likeness (QED) is 0.635. The normalized spacial score (nSPS) is 10.2. The third-order valence-electron chi connectivity index (χ3n) is 3.66. The van der Waals surface area contributed by atoms with Crippen molar-refractivity contribution in [1.29, 1.82) is 5.26 Å². The average molecular weight is 352 g/mol. The zero-order valence-electron chi connectivity index (χ0n) is 13.2. The lowest BCUT2D eigenvalue weighted by molar-refractivity contribution is -0.147. The van der Waals surface area contributed by atoms with E-state index in [1.54, 1.807) is 36.4 Å². The van der Waals surface area contributed by atoms with Gasteiger partial charge >= 0.3 is 5.97 Å². The van der Waals surface area contributed by atoms with Crippen LogP contribution in [0.5, 0.6) is 5.75 Å². The first-order chi connectivity index (χ1) is 12.2. The maximum absolute atomic E-state index is 11.9. The van der Waals surface area contributed by atoms with Crippen molar-refractivity contribution < 1.29 is 14.3 Å². The van der Waals surface area contributed by atoms with Crippen LogP contribution in [0.2, 0.25) is 5.02 Å². The molecule has 0 saturated heterocycles. The molecule has 25 heavy (non-hydrogen) atoms. The van der Waals surface area contributed by atoms with Crippen molar-refractivity contribution in [2.75, 3.05) is 6.61 Å². The lowest BCUT2D eigenvalue weighted by Crippen LogP contribution is -2.14. The van der Waals surface area contributed by atoms with E-state index in [0.717, 1.165) is 16.3 Å². The van der Waals surface area contributed by atoms with Gasteiger partial charge in [0.2, 0.25) is 0 Å². The van der Waals surface area contributed by atoms with Crippen LogP contribution in [0.1, 0.15) is 11.1 Å². The first-order valence-electron chi connectivity index (χ1n) is 7.62. The lowest BCUT2D eigenvalue weighted by Gasteiger charge is -2.10. The number of esters is 1. The molecule has 0 spiro atoms. The number of fused-ring (bicyclic) bond motifs is 1. The molecule has 3 aromatic rings. The van der Waals surface area contributed by atoms with Gasteiger partial charge in [-0.25, -0.2) is 4.79 Å². The molecule has 0 bridgehead atoms. The molecule has 0 N–H and O–H groups in total. The summed E-state index contributed by atoms with van der Waals surface area (Å²) in [6, 6.07) is 19.9. The molecular formula is C20H14ClNO3. The molecule has 124 valence electrons. The van der Waals surface area contributed by atoms with Gasteiger partial charge in [0.05, 0.1) is 11.6 Å². The zero-order valence-corrected chi connectivity index (χ0v) is 14.0. The Hall–Kier alpha value is -3.03. The van der Waals surface area contributed by atoms with Gasteiger partial charge in [-0.2, -0.15) is 5.26 Å². The molecule has 0 aromatic heterocycles. The van der Waals surface area contributed by atoms with E-state index in [9.17, 15) is 4.79 Å². The van der Waals surface area contributed by atoms with Crippen LogP contribution in [0, 0.1) is 11.3 Å². The van der Waals surface area contributed by atoms with Crippen molar-refractivity contribution in [3.63, 3.8) is 0 Å². The fourth-order valence-corrected chi connectivity index (χ4v) is 2.61. The molecule has 0 amide bonds. The number of hydrogen-bond acceptors (Lipinski definition) is 4. The smallest absolute Gasteiger partial charge is 0.344 e. The van der Waals surface area contributed by atoms with Gasteiger partial charge < -0.3 is 9.47 Å². The molecule has 0 radical (unpaired) electrons. The van der Waals surface area contributed by atoms with Crippen molar-refractivity contribution >= 4 is 28.3 Å². The maximum Gasteiger partial charge on any atom is 0.344 e. The third-order valence-corrected chi connectivity index (χ3v) is 3.99. The summed E-state index contributed by atoms with van der Waals surface area (Å²) in [6.07, 6.45) is 0. The molecule has 0 saturated carbocycles. The number of carbonyl (C=O) groups is 1. The summed E-state index contributed by atoms with van der Waals surface area (Å²) >= 11 is 6.16. The highest BCUT2D eigenvalue weighted by atomic mass is 35.5. The Labute approximate surface area is 150 Å². The predicted octanol–water partition coefficient (Wildman–Crippen LogP) is 4.49. The van der Waals surface area contributed by atoms with E-state index in [1.807, 2.05) is 30.3 Å². The van der Waals surface area contributed by atoms with Crippen LogP contribution < -0.4 is 4.74 Å². The minimum atomic E-state index is -0.469. The highest BCUT2D eigenvalue weighted by Gasteiger charge is 2.09. The number of carbonyl (C=O) groups excluding carboxylic acids is 1.